The number of pyridine rings is 1. The molecule has 2 rings (SSSR count). The Morgan fingerprint density at radius 2 is 2.00 bits per heavy atom. The average molecular weight is 287 g/mol. The summed E-state index contributed by atoms with van der Waals surface area (Å²) in [4.78, 5) is 15.8. The zero-order chi connectivity index (χ0) is 15.3. The number of aromatic nitrogens is 1. The monoisotopic (exact) mass is 287 g/mol. The molecule has 0 bridgehead atoms. The molecule has 0 spiro atoms. The first kappa shape index (κ1) is 15.1. The summed E-state index contributed by atoms with van der Waals surface area (Å²) in [5.41, 5.74) is 1.48. The van der Waals surface area contributed by atoms with Crippen molar-refractivity contribution in [2.24, 2.45) is 0 Å². The van der Waals surface area contributed by atoms with E-state index in [9.17, 15) is 4.79 Å². The number of hydrogen-bond donors (Lipinski definition) is 2. The number of fused-ring (bicyclic) bond motifs is 1. The highest BCUT2D eigenvalue weighted by Crippen LogP contribution is 2.20. The molecule has 1 amide bonds. The minimum absolute atomic E-state index is 0.399. The highest BCUT2D eigenvalue weighted by Gasteiger charge is 2.15. The molecule has 21 heavy (non-hydrogen) atoms. The maximum atomic E-state index is 11.5. The molecule has 1 aromatic carbocycles. The molecule has 5 heteroatoms. The van der Waals surface area contributed by atoms with Crippen LogP contribution in [0.15, 0.2) is 36.5 Å². The van der Waals surface area contributed by atoms with Crippen LogP contribution < -0.4 is 10.6 Å². The van der Waals surface area contributed by atoms with Crippen molar-refractivity contribution in [2.75, 3.05) is 18.4 Å². The molecule has 0 fully saturated rings. The minimum Gasteiger partial charge on any atom is -0.444 e. The van der Waals surface area contributed by atoms with Gasteiger partial charge in [0.25, 0.3) is 0 Å². The molecule has 1 heterocycles. The molecule has 2 aromatic rings. The van der Waals surface area contributed by atoms with Crippen molar-refractivity contribution in [1.82, 2.24) is 10.3 Å². The molecule has 0 atom stereocenters. The predicted molar refractivity (Wildman–Crippen MR) is 84.5 cm³/mol. The second kappa shape index (κ2) is 6.43. The Labute approximate surface area is 124 Å². The number of nitrogens with zero attached hydrogens (tertiary/aromatic N) is 1. The maximum absolute atomic E-state index is 11.5. The van der Waals surface area contributed by atoms with Crippen LogP contribution in [0.5, 0.6) is 0 Å². The first-order valence-corrected chi connectivity index (χ1v) is 7.00. The summed E-state index contributed by atoms with van der Waals surface area (Å²) in [5, 5.41) is 7.08. The number of amides is 1. The fourth-order valence-electron chi connectivity index (χ4n) is 1.93. The van der Waals surface area contributed by atoms with Crippen LogP contribution in [0.1, 0.15) is 20.8 Å². The van der Waals surface area contributed by atoms with Crippen LogP contribution in [-0.4, -0.2) is 29.8 Å². The van der Waals surface area contributed by atoms with Crippen LogP contribution in [0.2, 0.25) is 0 Å². The van der Waals surface area contributed by atoms with Crippen LogP contribution in [0.4, 0.5) is 10.5 Å². The second-order valence-corrected chi connectivity index (χ2v) is 5.73. The number of carbonyl (C=O) groups is 1. The molecular formula is C16H21N3O2. The molecule has 112 valence electrons. The Bertz CT molecular complexity index is 615. The Kier molecular flexibility index (Phi) is 4.62. The topological polar surface area (TPSA) is 63.2 Å². The number of anilines is 1. The molecule has 1 aromatic heterocycles. The molecule has 0 saturated heterocycles. The van der Waals surface area contributed by atoms with Gasteiger partial charge in [0.2, 0.25) is 0 Å². The van der Waals surface area contributed by atoms with E-state index in [-0.39, 0.29) is 0 Å². The van der Waals surface area contributed by atoms with E-state index >= 15 is 0 Å². The van der Waals surface area contributed by atoms with Crippen molar-refractivity contribution in [3.63, 3.8) is 0 Å². The Morgan fingerprint density at radius 1 is 1.19 bits per heavy atom. The molecule has 0 aliphatic carbocycles. The van der Waals surface area contributed by atoms with E-state index in [2.05, 4.69) is 15.6 Å². The summed E-state index contributed by atoms with van der Waals surface area (Å²) in [6.45, 7) is 6.63. The van der Waals surface area contributed by atoms with Gasteiger partial charge >= 0.3 is 6.09 Å². The molecule has 0 aliphatic heterocycles. The van der Waals surface area contributed by atoms with Gasteiger partial charge in [-0.05, 0) is 45.0 Å². The van der Waals surface area contributed by atoms with Crippen molar-refractivity contribution in [3.05, 3.63) is 36.5 Å². The van der Waals surface area contributed by atoms with E-state index in [1.807, 2.05) is 51.1 Å². The van der Waals surface area contributed by atoms with E-state index in [0.717, 1.165) is 16.6 Å². The lowest BCUT2D eigenvalue weighted by Crippen LogP contribution is -2.35. The van der Waals surface area contributed by atoms with Gasteiger partial charge < -0.3 is 15.4 Å². The third kappa shape index (κ3) is 4.63. The molecule has 2 N–H and O–H groups in total. The van der Waals surface area contributed by atoms with Crippen LogP contribution in [-0.2, 0) is 4.74 Å². The van der Waals surface area contributed by atoms with E-state index in [1.165, 1.54) is 0 Å². The Hall–Kier alpha value is -2.30. The summed E-state index contributed by atoms with van der Waals surface area (Å²) >= 11 is 0. The lowest BCUT2D eigenvalue weighted by Gasteiger charge is -2.19. The molecule has 0 unspecified atom stereocenters. The van der Waals surface area contributed by atoms with E-state index in [1.54, 1.807) is 6.20 Å². The maximum Gasteiger partial charge on any atom is 0.407 e. The lowest BCUT2D eigenvalue weighted by molar-refractivity contribution is 0.0530. The van der Waals surface area contributed by atoms with Crippen molar-refractivity contribution in [3.8, 4) is 0 Å². The van der Waals surface area contributed by atoms with E-state index in [0.29, 0.717) is 13.1 Å². The number of nitrogens with one attached hydrogen (secondary N) is 2. The van der Waals surface area contributed by atoms with Gasteiger partial charge in [0, 0.05) is 30.4 Å². The van der Waals surface area contributed by atoms with Crippen molar-refractivity contribution >= 4 is 22.7 Å². The van der Waals surface area contributed by atoms with Gasteiger partial charge in [0.1, 0.15) is 5.60 Å². The number of rotatable bonds is 4. The van der Waals surface area contributed by atoms with Crippen molar-refractivity contribution < 1.29 is 9.53 Å². The van der Waals surface area contributed by atoms with Crippen LogP contribution in [0, 0.1) is 0 Å². The standard InChI is InChI=1S/C16H21N3O2/c1-16(2,3)21-15(20)19-11-10-18-14-8-4-7-13-12(14)6-5-9-17-13/h4-9,18H,10-11H2,1-3H3,(H,19,20). The summed E-state index contributed by atoms with van der Waals surface area (Å²) in [7, 11) is 0. The number of ether oxygens (including phenoxy) is 1. The number of benzene rings is 1. The molecule has 0 radical (unpaired) electrons. The highest BCUT2D eigenvalue weighted by molar-refractivity contribution is 5.91. The summed E-state index contributed by atoms with van der Waals surface area (Å²) < 4.78 is 5.17. The third-order valence-electron chi connectivity index (χ3n) is 2.75. The summed E-state index contributed by atoms with van der Waals surface area (Å²) in [6, 6.07) is 9.86. The first-order chi connectivity index (χ1) is 9.96. The smallest absolute Gasteiger partial charge is 0.407 e. The largest absolute Gasteiger partial charge is 0.444 e. The quantitative estimate of drug-likeness (QED) is 0.848. The first-order valence-electron chi connectivity index (χ1n) is 7.00. The van der Waals surface area contributed by atoms with Crippen LogP contribution >= 0.6 is 0 Å². The van der Waals surface area contributed by atoms with Gasteiger partial charge in [-0.2, -0.15) is 0 Å². The average Bonchev–Trinajstić information content (AvgIpc) is 2.42. The van der Waals surface area contributed by atoms with Gasteiger partial charge in [0.15, 0.2) is 0 Å². The van der Waals surface area contributed by atoms with Crippen molar-refractivity contribution in [1.29, 1.82) is 0 Å². The van der Waals surface area contributed by atoms with Crippen molar-refractivity contribution in [2.45, 2.75) is 26.4 Å². The van der Waals surface area contributed by atoms with Gasteiger partial charge in [0.05, 0.1) is 5.52 Å². The second-order valence-electron chi connectivity index (χ2n) is 5.73. The molecule has 5 nitrogen and oxygen atoms in total. The number of hydrogen-bond acceptors (Lipinski definition) is 4. The third-order valence-corrected chi connectivity index (χ3v) is 2.75. The summed E-state index contributed by atoms with van der Waals surface area (Å²) in [6.07, 6.45) is 1.37. The minimum atomic E-state index is -0.473. The van der Waals surface area contributed by atoms with Crippen LogP contribution in [0.3, 0.4) is 0 Å². The SMILES string of the molecule is CC(C)(C)OC(=O)NCCNc1cccc2ncccc12. The fraction of sp³-hybridized carbons (Fsp3) is 0.375. The lowest BCUT2D eigenvalue weighted by atomic mass is 10.2. The van der Waals surface area contributed by atoms with Gasteiger partial charge in [-0.25, -0.2) is 4.79 Å². The zero-order valence-electron chi connectivity index (χ0n) is 12.6. The van der Waals surface area contributed by atoms with Gasteiger partial charge in [-0.1, -0.05) is 6.07 Å². The van der Waals surface area contributed by atoms with Gasteiger partial charge in [-0.15, -0.1) is 0 Å². The highest BCUT2D eigenvalue weighted by atomic mass is 16.6. The molecular weight excluding hydrogens is 266 g/mol. The summed E-state index contributed by atoms with van der Waals surface area (Å²) in [5.74, 6) is 0. The normalized spacial score (nSPS) is 11.2. The Balaban J connectivity index is 1.84. The Morgan fingerprint density at radius 3 is 2.76 bits per heavy atom. The fourth-order valence-corrected chi connectivity index (χ4v) is 1.93. The van der Waals surface area contributed by atoms with E-state index < -0.39 is 11.7 Å². The number of alkyl carbamates (subject to hydrolysis) is 1. The van der Waals surface area contributed by atoms with Crippen LogP contribution in [0.25, 0.3) is 10.9 Å². The molecule has 0 saturated carbocycles. The zero-order valence-corrected chi connectivity index (χ0v) is 12.6. The molecule has 0 aliphatic rings. The van der Waals surface area contributed by atoms with Gasteiger partial charge in [-0.3, -0.25) is 4.98 Å². The number of carbonyl (C=O) groups excluding carboxylic acids is 1. The predicted octanol–water partition coefficient (Wildman–Crippen LogP) is 3.17. The van der Waals surface area contributed by atoms with E-state index in [4.69, 9.17) is 4.74 Å².